The Labute approximate surface area is 182 Å². The van der Waals surface area contributed by atoms with E-state index in [1.165, 1.54) is 31.5 Å². The van der Waals surface area contributed by atoms with Crippen molar-refractivity contribution < 1.29 is 9.53 Å². The van der Waals surface area contributed by atoms with Crippen LogP contribution in [0.3, 0.4) is 0 Å². The lowest BCUT2D eigenvalue weighted by atomic mass is 10.1. The van der Waals surface area contributed by atoms with Crippen LogP contribution in [-0.2, 0) is 17.9 Å². The Balaban J connectivity index is 1.51. The molecule has 4 rings (SSSR count). The van der Waals surface area contributed by atoms with Gasteiger partial charge >= 0.3 is 6.01 Å². The zero-order valence-electron chi connectivity index (χ0n) is 18.0. The third kappa shape index (κ3) is 5.23. The van der Waals surface area contributed by atoms with Gasteiger partial charge in [0.25, 0.3) is 0 Å². The van der Waals surface area contributed by atoms with Gasteiger partial charge in [-0.3, -0.25) is 15.4 Å². The maximum absolute atomic E-state index is 12.3. The normalized spacial score (nSPS) is 17.4. The number of ether oxygens (including phenoxy) is 1. The number of hydrogen-bond acceptors (Lipinski definition) is 8. The first-order valence-corrected chi connectivity index (χ1v) is 11.0. The highest BCUT2D eigenvalue weighted by molar-refractivity contribution is 6.03. The second kappa shape index (κ2) is 9.49. The minimum atomic E-state index is -0.503. The molecule has 9 nitrogen and oxygen atoms in total. The molecule has 0 spiro atoms. The smallest absolute Gasteiger partial charge is 0.322 e. The maximum Gasteiger partial charge on any atom is 0.322 e. The molecule has 0 unspecified atom stereocenters. The van der Waals surface area contributed by atoms with Gasteiger partial charge in [0, 0.05) is 13.1 Å². The molecule has 0 radical (unpaired) electrons. The SMILES string of the molecule is CCC[C@H](N)Oc1nc(N)c2c(n1)N(Cc1ccc(CN3CCCC3)cc1)CC(=O)N2. The number of anilines is 3. The number of amides is 1. The molecule has 5 N–H and O–H groups in total. The van der Waals surface area contributed by atoms with Crippen molar-refractivity contribution >= 4 is 23.2 Å². The van der Waals surface area contributed by atoms with Gasteiger partial charge in [0.2, 0.25) is 5.91 Å². The first kappa shape index (κ1) is 21.3. The van der Waals surface area contributed by atoms with E-state index in [-0.39, 0.29) is 24.3 Å². The molecular weight excluding hydrogens is 394 g/mol. The number of nitrogens with two attached hydrogens (primary N) is 2. The van der Waals surface area contributed by atoms with E-state index < -0.39 is 6.23 Å². The lowest BCUT2D eigenvalue weighted by Gasteiger charge is -2.30. The molecule has 1 saturated heterocycles. The number of benzene rings is 1. The average Bonchev–Trinajstić information content (AvgIpc) is 3.23. The lowest BCUT2D eigenvalue weighted by molar-refractivity contribution is -0.115. The van der Waals surface area contributed by atoms with Crippen LogP contribution in [0.25, 0.3) is 0 Å². The summed E-state index contributed by atoms with van der Waals surface area (Å²) in [5, 5.41) is 2.78. The summed E-state index contributed by atoms with van der Waals surface area (Å²) in [5.41, 5.74) is 14.9. The van der Waals surface area contributed by atoms with E-state index in [0.29, 0.717) is 24.5 Å². The molecule has 2 aliphatic heterocycles. The average molecular weight is 426 g/mol. The summed E-state index contributed by atoms with van der Waals surface area (Å²) in [6.07, 6.45) is 3.64. The van der Waals surface area contributed by atoms with Crippen LogP contribution in [0.5, 0.6) is 6.01 Å². The minimum absolute atomic E-state index is 0.124. The zero-order valence-corrected chi connectivity index (χ0v) is 18.0. The second-order valence-corrected chi connectivity index (χ2v) is 8.24. The van der Waals surface area contributed by atoms with Crippen LogP contribution in [-0.4, -0.2) is 46.6 Å². The van der Waals surface area contributed by atoms with Crippen molar-refractivity contribution in [2.24, 2.45) is 5.73 Å². The summed E-state index contributed by atoms with van der Waals surface area (Å²) < 4.78 is 5.64. The van der Waals surface area contributed by atoms with Crippen molar-refractivity contribution in [2.75, 3.05) is 35.6 Å². The topological polar surface area (TPSA) is 123 Å². The van der Waals surface area contributed by atoms with E-state index in [9.17, 15) is 4.79 Å². The standard InChI is InChI=1S/C22H31N7O2/c1-2-5-17(23)31-22-26-20(24)19-21(27-22)29(14-18(30)25-19)13-16-8-6-15(7-9-16)12-28-10-3-4-11-28/h6-9,17H,2-5,10-14,23H2,1H3,(H,25,30)(H2,24,26,27)/t17-/m1/s1. The Morgan fingerprint density at radius 3 is 2.48 bits per heavy atom. The fraction of sp³-hybridized carbons (Fsp3) is 0.500. The maximum atomic E-state index is 12.3. The molecular formula is C22H31N7O2. The summed E-state index contributed by atoms with van der Waals surface area (Å²) in [7, 11) is 0. The fourth-order valence-corrected chi connectivity index (χ4v) is 4.05. The van der Waals surface area contributed by atoms with Crippen molar-refractivity contribution in [3.63, 3.8) is 0 Å². The number of carbonyl (C=O) groups excluding carboxylic acids is 1. The van der Waals surface area contributed by atoms with E-state index in [0.717, 1.165) is 18.5 Å². The molecule has 1 aromatic carbocycles. The molecule has 0 bridgehead atoms. The third-order valence-corrected chi connectivity index (χ3v) is 5.63. The Kier molecular flexibility index (Phi) is 6.53. The monoisotopic (exact) mass is 425 g/mol. The van der Waals surface area contributed by atoms with E-state index in [2.05, 4.69) is 44.5 Å². The van der Waals surface area contributed by atoms with E-state index in [1.807, 2.05) is 11.8 Å². The van der Waals surface area contributed by atoms with E-state index in [1.54, 1.807) is 0 Å². The molecule has 9 heteroatoms. The van der Waals surface area contributed by atoms with E-state index >= 15 is 0 Å². The van der Waals surface area contributed by atoms with Crippen molar-refractivity contribution in [2.45, 2.75) is 51.9 Å². The predicted molar refractivity (Wildman–Crippen MR) is 121 cm³/mol. The predicted octanol–water partition coefficient (Wildman–Crippen LogP) is 2.08. The summed E-state index contributed by atoms with van der Waals surface area (Å²) in [4.78, 5) is 25.3. The number of fused-ring (bicyclic) bond motifs is 1. The van der Waals surface area contributed by atoms with Crippen LogP contribution >= 0.6 is 0 Å². The molecule has 1 aromatic heterocycles. The Morgan fingerprint density at radius 1 is 1.13 bits per heavy atom. The fourth-order valence-electron chi connectivity index (χ4n) is 4.05. The van der Waals surface area contributed by atoms with Gasteiger partial charge in [-0.15, -0.1) is 0 Å². The zero-order chi connectivity index (χ0) is 21.8. The molecule has 0 saturated carbocycles. The number of nitrogen functional groups attached to an aromatic ring is 1. The van der Waals surface area contributed by atoms with Crippen molar-refractivity contribution in [1.82, 2.24) is 14.9 Å². The highest BCUT2D eigenvalue weighted by Gasteiger charge is 2.28. The number of hydrogen-bond donors (Lipinski definition) is 3. The van der Waals surface area contributed by atoms with Gasteiger partial charge in [-0.2, -0.15) is 9.97 Å². The molecule has 2 aliphatic rings. The van der Waals surface area contributed by atoms with Crippen LogP contribution in [0, 0.1) is 0 Å². The second-order valence-electron chi connectivity index (χ2n) is 8.24. The molecule has 1 amide bonds. The number of rotatable bonds is 8. The van der Waals surface area contributed by atoms with Crippen molar-refractivity contribution in [3.8, 4) is 6.01 Å². The van der Waals surface area contributed by atoms with Crippen LogP contribution in [0.2, 0.25) is 0 Å². The number of aromatic nitrogens is 2. The Hall–Kier alpha value is -2.91. The van der Waals surface area contributed by atoms with Gasteiger partial charge in [0.15, 0.2) is 17.9 Å². The first-order valence-electron chi connectivity index (χ1n) is 11.0. The van der Waals surface area contributed by atoms with Crippen molar-refractivity contribution in [1.29, 1.82) is 0 Å². The van der Waals surface area contributed by atoms with Crippen LogP contribution in [0.4, 0.5) is 17.3 Å². The molecule has 166 valence electrons. The third-order valence-electron chi connectivity index (χ3n) is 5.63. The molecule has 31 heavy (non-hydrogen) atoms. The van der Waals surface area contributed by atoms with Crippen LogP contribution < -0.4 is 26.4 Å². The van der Waals surface area contributed by atoms with Gasteiger partial charge < -0.3 is 20.7 Å². The Morgan fingerprint density at radius 2 is 1.81 bits per heavy atom. The van der Waals surface area contributed by atoms with Gasteiger partial charge in [-0.1, -0.05) is 37.6 Å². The molecule has 2 aromatic rings. The number of likely N-dealkylation sites (tertiary alicyclic amines) is 1. The molecule has 1 atom stereocenters. The Bertz CT molecular complexity index is 913. The molecule has 0 aliphatic carbocycles. The quantitative estimate of drug-likeness (QED) is 0.550. The number of nitrogens with one attached hydrogen (secondary N) is 1. The number of carbonyl (C=O) groups is 1. The van der Waals surface area contributed by atoms with Crippen LogP contribution in [0.15, 0.2) is 24.3 Å². The van der Waals surface area contributed by atoms with Crippen LogP contribution in [0.1, 0.15) is 43.7 Å². The minimum Gasteiger partial charge on any atom is -0.444 e. The van der Waals surface area contributed by atoms with Gasteiger partial charge in [-0.05, 0) is 43.5 Å². The highest BCUT2D eigenvalue weighted by Crippen LogP contribution is 2.34. The summed E-state index contributed by atoms with van der Waals surface area (Å²) in [6, 6.07) is 8.66. The van der Waals surface area contributed by atoms with Gasteiger partial charge in [0.05, 0.1) is 6.54 Å². The first-order chi connectivity index (χ1) is 15.0. The number of nitrogens with zero attached hydrogens (tertiary/aromatic N) is 4. The lowest BCUT2D eigenvalue weighted by Crippen LogP contribution is -2.39. The summed E-state index contributed by atoms with van der Waals surface area (Å²) in [5.74, 6) is 0.569. The molecule has 3 heterocycles. The molecule has 1 fully saturated rings. The largest absolute Gasteiger partial charge is 0.444 e. The van der Waals surface area contributed by atoms with E-state index in [4.69, 9.17) is 16.2 Å². The van der Waals surface area contributed by atoms with Gasteiger partial charge in [-0.25, -0.2) is 0 Å². The van der Waals surface area contributed by atoms with Gasteiger partial charge in [0.1, 0.15) is 5.69 Å². The summed E-state index contributed by atoms with van der Waals surface area (Å²) >= 11 is 0. The van der Waals surface area contributed by atoms with Crippen molar-refractivity contribution in [3.05, 3.63) is 35.4 Å². The summed E-state index contributed by atoms with van der Waals surface area (Å²) in [6.45, 7) is 6.07. The highest BCUT2D eigenvalue weighted by atomic mass is 16.5.